The van der Waals surface area contributed by atoms with Crippen LogP contribution in [0, 0.1) is 0 Å². The fourth-order valence-electron chi connectivity index (χ4n) is 4.27. The second-order valence-electron chi connectivity index (χ2n) is 7.35. The van der Waals surface area contributed by atoms with Crippen LogP contribution in [0.1, 0.15) is 50.0 Å². The lowest BCUT2D eigenvalue weighted by molar-refractivity contribution is -0.134. The van der Waals surface area contributed by atoms with Crippen LogP contribution in [-0.4, -0.2) is 37.0 Å². The molecule has 25 heavy (non-hydrogen) atoms. The zero-order valence-corrected chi connectivity index (χ0v) is 14.4. The molecule has 134 valence electrons. The Kier molecular flexibility index (Phi) is 4.37. The van der Waals surface area contributed by atoms with Gasteiger partial charge in [-0.3, -0.25) is 14.9 Å². The van der Waals surface area contributed by atoms with E-state index in [0.717, 1.165) is 37.1 Å². The van der Waals surface area contributed by atoms with Gasteiger partial charge >= 0.3 is 0 Å². The van der Waals surface area contributed by atoms with Crippen LogP contribution in [0.3, 0.4) is 0 Å². The lowest BCUT2D eigenvalue weighted by Crippen LogP contribution is -2.54. The van der Waals surface area contributed by atoms with E-state index in [2.05, 4.69) is 28.4 Å². The van der Waals surface area contributed by atoms with Gasteiger partial charge in [-0.15, -0.1) is 0 Å². The summed E-state index contributed by atoms with van der Waals surface area (Å²) in [5.74, 6) is 1.01. The van der Waals surface area contributed by atoms with E-state index in [1.807, 2.05) is 0 Å². The molecule has 1 aromatic rings. The standard InChI is InChI=1S/C19H25N3O3/c20-14-4-1-12(2-5-14)13-3-6-15-17(11-13)25-10-9-22(15)16-7-8-18(23)21-19(16)24/h3,6,11-12,14,16H,1-2,4-5,7-10,20H2,(H,21,23,24). The van der Waals surface area contributed by atoms with E-state index >= 15 is 0 Å². The monoisotopic (exact) mass is 343 g/mol. The highest BCUT2D eigenvalue weighted by Gasteiger charge is 2.34. The second kappa shape index (κ2) is 6.67. The molecule has 4 rings (SSSR count). The van der Waals surface area contributed by atoms with Crippen LogP contribution in [0.15, 0.2) is 18.2 Å². The summed E-state index contributed by atoms with van der Waals surface area (Å²) < 4.78 is 5.89. The molecule has 0 spiro atoms. The maximum absolute atomic E-state index is 12.2. The third-order valence-electron chi connectivity index (χ3n) is 5.71. The molecule has 1 saturated heterocycles. The maximum Gasteiger partial charge on any atom is 0.249 e. The van der Waals surface area contributed by atoms with Crippen molar-refractivity contribution in [1.82, 2.24) is 5.32 Å². The molecule has 0 bridgehead atoms. The third kappa shape index (κ3) is 3.23. The number of benzene rings is 1. The number of amides is 2. The number of ether oxygens (including phenoxy) is 1. The van der Waals surface area contributed by atoms with Crippen molar-refractivity contribution in [1.29, 1.82) is 0 Å². The van der Waals surface area contributed by atoms with Crippen LogP contribution >= 0.6 is 0 Å². The third-order valence-corrected chi connectivity index (χ3v) is 5.71. The van der Waals surface area contributed by atoms with Crippen molar-refractivity contribution in [2.45, 2.75) is 56.5 Å². The van der Waals surface area contributed by atoms with Gasteiger partial charge in [0, 0.05) is 12.5 Å². The van der Waals surface area contributed by atoms with Gasteiger partial charge < -0.3 is 15.4 Å². The van der Waals surface area contributed by atoms with Gasteiger partial charge in [0.15, 0.2) is 0 Å². The molecule has 1 aromatic carbocycles. The molecule has 1 aliphatic carbocycles. The first-order valence-corrected chi connectivity index (χ1v) is 9.24. The number of piperidine rings is 1. The predicted octanol–water partition coefficient (Wildman–Crippen LogP) is 1.68. The number of imide groups is 1. The van der Waals surface area contributed by atoms with Gasteiger partial charge in [-0.2, -0.15) is 0 Å². The fourth-order valence-corrected chi connectivity index (χ4v) is 4.27. The first kappa shape index (κ1) is 16.4. The summed E-state index contributed by atoms with van der Waals surface area (Å²) in [5.41, 5.74) is 8.27. The van der Waals surface area contributed by atoms with Crippen LogP contribution in [0.2, 0.25) is 0 Å². The SMILES string of the molecule is NC1CCC(c2ccc3c(c2)OCCN3C2CCC(=O)NC2=O)CC1. The van der Waals surface area contributed by atoms with Crippen molar-refractivity contribution in [2.24, 2.45) is 5.73 Å². The second-order valence-corrected chi connectivity index (χ2v) is 7.35. The van der Waals surface area contributed by atoms with Crippen molar-refractivity contribution in [3.05, 3.63) is 23.8 Å². The molecule has 6 nitrogen and oxygen atoms in total. The Hall–Kier alpha value is -2.08. The van der Waals surface area contributed by atoms with E-state index in [4.69, 9.17) is 10.5 Å². The predicted molar refractivity (Wildman–Crippen MR) is 94.6 cm³/mol. The van der Waals surface area contributed by atoms with E-state index < -0.39 is 0 Å². The molecular formula is C19H25N3O3. The first-order valence-electron chi connectivity index (χ1n) is 9.24. The average molecular weight is 343 g/mol. The summed E-state index contributed by atoms with van der Waals surface area (Å²) in [6.07, 6.45) is 5.35. The van der Waals surface area contributed by atoms with Crippen LogP contribution in [0.25, 0.3) is 0 Å². The van der Waals surface area contributed by atoms with Gasteiger partial charge in [-0.1, -0.05) is 6.07 Å². The zero-order valence-electron chi connectivity index (χ0n) is 14.4. The van der Waals surface area contributed by atoms with Crippen molar-refractivity contribution in [2.75, 3.05) is 18.1 Å². The zero-order chi connectivity index (χ0) is 17.4. The van der Waals surface area contributed by atoms with E-state index in [1.165, 1.54) is 5.56 Å². The fraction of sp³-hybridized carbons (Fsp3) is 0.579. The summed E-state index contributed by atoms with van der Waals surface area (Å²) in [4.78, 5) is 25.7. The molecule has 1 saturated carbocycles. The van der Waals surface area contributed by atoms with Gasteiger partial charge in [-0.05, 0) is 55.7 Å². The number of hydrogen-bond acceptors (Lipinski definition) is 5. The van der Waals surface area contributed by atoms with Crippen molar-refractivity contribution < 1.29 is 14.3 Å². The summed E-state index contributed by atoms with van der Waals surface area (Å²) in [7, 11) is 0. The normalized spacial score (nSPS) is 29.6. The minimum absolute atomic E-state index is 0.180. The number of fused-ring (bicyclic) bond motifs is 1. The Bertz CT molecular complexity index is 682. The summed E-state index contributed by atoms with van der Waals surface area (Å²) >= 11 is 0. The molecule has 1 unspecified atom stereocenters. The molecule has 3 aliphatic rings. The quantitative estimate of drug-likeness (QED) is 0.798. The van der Waals surface area contributed by atoms with E-state index in [1.54, 1.807) is 0 Å². The lowest BCUT2D eigenvalue weighted by atomic mass is 9.82. The Balaban J connectivity index is 1.56. The molecule has 2 amide bonds. The lowest BCUT2D eigenvalue weighted by Gasteiger charge is -2.38. The number of carbonyl (C=O) groups is 2. The Labute approximate surface area is 147 Å². The molecule has 0 radical (unpaired) electrons. The minimum atomic E-state index is -0.293. The topological polar surface area (TPSA) is 84.7 Å². The Morgan fingerprint density at radius 2 is 1.92 bits per heavy atom. The number of nitrogens with two attached hydrogens (primary N) is 1. The number of nitrogens with zero attached hydrogens (tertiary/aromatic N) is 1. The van der Waals surface area contributed by atoms with E-state index in [0.29, 0.717) is 38.0 Å². The highest BCUT2D eigenvalue weighted by atomic mass is 16.5. The number of nitrogens with one attached hydrogen (secondary N) is 1. The Morgan fingerprint density at radius 3 is 2.68 bits per heavy atom. The molecule has 2 fully saturated rings. The average Bonchev–Trinajstić information content (AvgIpc) is 2.62. The molecule has 2 heterocycles. The van der Waals surface area contributed by atoms with Crippen molar-refractivity contribution in [3.63, 3.8) is 0 Å². The number of hydrogen-bond donors (Lipinski definition) is 2. The molecule has 2 aliphatic heterocycles. The van der Waals surface area contributed by atoms with Gasteiger partial charge in [0.2, 0.25) is 11.8 Å². The van der Waals surface area contributed by atoms with Crippen LogP contribution < -0.4 is 20.7 Å². The molecule has 1 atom stereocenters. The van der Waals surface area contributed by atoms with E-state index in [-0.39, 0.29) is 17.9 Å². The summed E-state index contributed by atoms with van der Waals surface area (Å²) in [6.45, 7) is 1.22. The molecule has 6 heteroatoms. The minimum Gasteiger partial charge on any atom is -0.490 e. The van der Waals surface area contributed by atoms with Crippen LogP contribution in [-0.2, 0) is 9.59 Å². The number of carbonyl (C=O) groups excluding carboxylic acids is 2. The van der Waals surface area contributed by atoms with Crippen molar-refractivity contribution in [3.8, 4) is 5.75 Å². The van der Waals surface area contributed by atoms with E-state index in [9.17, 15) is 9.59 Å². The molecule has 0 aromatic heterocycles. The van der Waals surface area contributed by atoms with Crippen molar-refractivity contribution >= 4 is 17.5 Å². The first-order chi connectivity index (χ1) is 12.1. The van der Waals surface area contributed by atoms with Gasteiger partial charge in [0.25, 0.3) is 0 Å². The largest absolute Gasteiger partial charge is 0.490 e. The Morgan fingerprint density at radius 1 is 1.12 bits per heavy atom. The highest BCUT2D eigenvalue weighted by Crippen LogP contribution is 2.39. The number of anilines is 1. The van der Waals surface area contributed by atoms with Gasteiger partial charge in [-0.25, -0.2) is 0 Å². The molecular weight excluding hydrogens is 318 g/mol. The summed E-state index contributed by atoms with van der Waals surface area (Å²) in [6, 6.07) is 6.41. The highest BCUT2D eigenvalue weighted by molar-refractivity contribution is 6.01. The van der Waals surface area contributed by atoms with Gasteiger partial charge in [0.1, 0.15) is 18.4 Å². The summed E-state index contributed by atoms with van der Waals surface area (Å²) in [5, 5.41) is 2.45. The maximum atomic E-state index is 12.2. The number of rotatable bonds is 2. The van der Waals surface area contributed by atoms with Crippen LogP contribution in [0.5, 0.6) is 5.75 Å². The smallest absolute Gasteiger partial charge is 0.249 e. The van der Waals surface area contributed by atoms with Crippen LogP contribution in [0.4, 0.5) is 5.69 Å². The molecule has 3 N–H and O–H groups in total. The van der Waals surface area contributed by atoms with Gasteiger partial charge in [0.05, 0.1) is 12.2 Å².